The van der Waals surface area contributed by atoms with E-state index >= 15 is 0 Å². The molecule has 0 spiro atoms. The van der Waals surface area contributed by atoms with Crippen molar-refractivity contribution in [3.05, 3.63) is 71.3 Å². The number of carbonyl (C=O) groups is 1. The Hall–Kier alpha value is -3.67. The van der Waals surface area contributed by atoms with Crippen LogP contribution in [-0.2, 0) is 22.2 Å². The summed E-state index contributed by atoms with van der Waals surface area (Å²) in [7, 11) is 0. The Bertz CT molecular complexity index is 1290. The van der Waals surface area contributed by atoms with Gasteiger partial charge >= 0.3 is 6.18 Å². The molecule has 3 N–H and O–H groups in total. The number of pyridine rings is 1. The summed E-state index contributed by atoms with van der Waals surface area (Å²) in [6, 6.07) is 13.7. The van der Waals surface area contributed by atoms with Crippen LogP contribution in [0.15, 0.2) is 54.6 Å². The van der Waals surface area contributed by atoms with Gasteiger partial charge in [-0.3, -0.25) is 4.79 Å². The lowest BCUT2D eigenvalue weighted by atomic mass is 9.98. The smallest absolute Gasteiger partial charge is 0.378 e. The number of hydrogen-bond acceptors (Lipinski definition) is 7. The van der Waals surface area contributed by atoms with Gasteiger partial charge in [-0.1, -0.05) is 12.1 Å². The van der Waals surface area contributed by atoms with Gasteiger partial charge < -0.3 is 30.3 Å². The van der Waals surface area contributed by atoms with Crippen molar-refractivity contribution in [2.45, 2.75) is 12.7 Å². The summed E-state index contributed by atoms with van der Waals surface area (Å²) in [4.78, 5) is 22.2. The molecule has 0 aliphatic carbocycles. The van der Waals surface area contributed by atoms with Crippen LogP contribution >= 0.6 is 0 Å². The number of anilines is 3. The number of rotatable bonds is 6. The van der Waals surface area contributed by atoms with E-state index in [-0.39, 0.29) is 12.1 Å². The van der Waals surface area contributed by atoms with Crippen LogP contribution in [0.2, 0.25) is 0 Å². The maximum atomic E-state index is 13.1. The molecule has 2 aliphatic rings. The highest BCUT2D eigenvalue weighted by Gasteiger charge is 2.31. The molecule has 8 nitrogen and oxygen atoms in total. The average molecular weight is 542 g/mol. The van der Waals surface area contributed by atoms with Crippen molar-refractivity contribution in [1.82, 2.24) is 4.98 Å². The summed E-state index contributed by atoms with van der Waals surface area (Å²) < 4.78 is 50.5. The number of aromatic nitrogens is 1. The molecule has 1 aromatic heterocycles. The molecule has 2 fully saturated rings. The third-order valence-corrected chi connectivity index (χ3v) is 6.82. The number of alkyl halides is 3. The van der Waals surface area contributed by atoms with Crippen LogP contribution in [0.3, 0.4) is 0 Å². The number of hydrogen-bond donors (Lipinski definition) is 2. The minimum absolute atomic E-state index is 0.0811. The van der Waals surface area contributed by atoms with Crippen molar-refractivity contribution >= 4 is 23.2 Å². The summed E-state index contributed by atoms with van der Waals surface area (Å²) >= 11 is 0. The molecular formula is C28H30F3N5O3. The van der Waals surface area contributed by atoms with E-state index in [0.29, 0.717) is 32.1 Å². The summed E-state index contributed by atoms with van der Waals surface area (Å²) in [5.41, 5.74) is 8.12. The Labute approximate surface area is 224 Å². The molecule has 206 valence electrons. The van der Waals surface area contributed by atoms with Crippen LogP contribution in [0.25, 0.3) is 11.1 Å². The fourth-order valence-electron chi connectivity index (χ4n) is 4.71. The van der Waals surface area contributed by atoms with Crippen molar-refractivity contribution in [3.63, 3.8) is 0 Å². The number of morpholine rings is 2. The van der Waals surface area contributed by atoms with Gasteiger partial charge in [0.2, 0.25) is 0 Å². The van der Waals surface area contributed by atoms with E-state index in [9.17, 15) is 18.0 Å². The predicted octanol–water partition coefficient (Wildman–Crippen LogP) is 4.15. The second-order valence-electron chi connectivity index (χ2n) is 9.38. The number of nitrogens with two attached hydrogens (primary N) is 1. The minimum Gasteiger partial charge on any atom is -0.378 e. The molecule has 5 rings (SSSR count). The second-order valence-corrected chi connectivity index (χ2v) is 9.38. The van der Waals surface area contributed by atoms with Crippen molar-refractivity contribution in [3.8, 4) is 11.1 Å². The fourth-order valence-corrected chi connectivity index (χ4v) is 4.71. The quantitative estimate of drug-likeness (QED) is 0.484. The summed E-state index contributed by atoms with van der Waals surface area (Å²) in [6.07, 6.45) is -4.54. The van der Waals surface area contributed by atoms with Gasteiger partial charge in [0.1, 0.15) is 11.6 Å². The summed E-state index contributed by atoms with van der Waals surface area (Å²) in [6.45, 7) is 5.60. The number of benzene rings is 2. The lowest BCUT2D eigenvalue weighted by Crippen LogP contribution is -2.39. The molecule has 0 unspecified atom stereocenters. The van der Waals surface area contributed by atoms with Gasteiger partial charge in [-0.15, -0.1) is 0 Å². The van der Waals surface area contributed by atoms with Gasteiger partial charge in [0, 0.05) is 44.0 Å². The molecular weight excluding hydrogens is 511 g/mol. The molecule has 0 radical (unpaired) electrons. The molecule has 0 saturated carbocycles. The normalized spacial score (nSPS) is 16.3. The zero-order valence-electron chi connectivity index (χ0n) is 21.3. The monoisotopic (exact) mass is 541 g/mol. The molecule has 0 atom stereocenters. The van der Waals surface area contributed by atoms with Gasteiger partial charge in [0.15, 0.2) is 0 Å². The third kappa shape index (κ3) is 6.32. The number of nitrogens with zero attached hydrogens (tertiary/aromatic N) is 3. The van der Waals surface area contributed by atoms with Crippen LogP contribution < -0.4 is 20.9 Å². The molecule has 1 amide bonds. The minimum atomic E-state index is -4.54. The SMILES string of the molecule is NCc1ccc(NC(=O)c2cccc(C(F)(F)F)c2)cc1-c1cc(N2CCOCC2)nc(N2CCOCC2)c1. The van der Waals surface area contributed by atoms with Crippen LogP contribution in [0.1, 0.15) is 21.5 Å². The van der Waals surface area contributed by atoms with E-state index in [1.807, 2.05) is 18.2 Å². The first-order valence-corrected chi connectivity index (χ1v) is 12.8. The first kappa shape index (κ1) is 26.9. The summed E-state index contributed by atoms with van der Waals surface area (Å²) in [5.74, 6) is 1.00. The Morgan fingerprint density at radius 1 is 0.897 bits per heavy atom. The standard InChI is InChI=1S/C28H30F3N5O3/c29-28(30,31)22-3-1-2-19(14-22)27(37)33-23-5-4-20(18-32)24(17-23)21-15-25(35-6-10-38-11-7-35)34-26(16-21)36-8-12-39-13-9-36/h1-5,14-17H,6-13,18,32H2,(H,33,37). The highest BCUT2D eigenvalue weighted by atomic mass is 19.4. The molecule has 3 aromatic rings. The fraction of sp³-hybridized carbons (Fsp3) is 0.357. The molecule has 39 heavy (non-hydrogen) atoms. The average Bonchev–Trinajstić information content (AvgIpc) is 2.97. The summed E-state index contributed by atoms with van der Waals surface area (Å²) in [5, 5.41) is 2.74. The van der Waals surface area contributed by atoms with E-state index in [1.165, 1.54) is 12.1 Å². The third-order valence-electron chi connectivity index (χ3n) is 6.82. The highest BCUT2D eigenvalue weighted by Crippen LogP contribution is 2.34. The highest BCUT2D eigenvalue weighted by molar-refractivity contribution is 6.04. The Kier molecular flexibility index (Phi) is 8.01. The van der Waals surface area contributed by atoms with Crippen LogP contribution in [0, 0.1) is 0 Å². The van der Waals surface area contributed by atoms with Gasteiger partial charge in [0.05, 0.1) is 32.0 Å². The zero-order valence-corrected chi connectivity index (χ0v) is 21.3. The van der Waals surface area contributed by atoms with E-state index in [1.54, 1.807) is 12.1 Å². The first-order chi connectivity index (χ1) is 18.8. The second kappa shape index (κ2) is 11.6. The molecule has 2 aliphatic heterocycles. The zero-order chi connectivity index (χ0) is 27.4. The van der Waals surface area contributed by atoms with Crippen molar-refractivity contribution in [1.29, 1.82) is 0 Å². The predicted molar refractivity (Wildman–Crippen MR) is 143 cm³/mol. The van der Waals surface area contributed by atoms with Gasteiger partial charge in [0.25, 0.3) is 5.91 Å². The molecule has 11 heteroatoms. The molecule has 2 aromatic carbocycles. The van der Waals surface area contributed by atoms with Crippen molar-refractivity contribution in [2.75, 3.05) is 67.7 Å². The van der Waals surface area contributed by atoms with E-state index in [0.717, 1.165) is 66.6 Å². The van der Waals surface area contributed by atoms with Crippen LogP contribution in [0.5, 0.6) is 0 Å². The molecule has 2 saturated heterocycles. The van der Waals surface area contributed by atoms with Crippen molar-refractivity contribution in [2.24, 2.45) is 5.73 Å². The Balaban J connectivity index is 1.49. The maximum Gasteiger partial charge on any atom is 0.416 e. The van der Waals surface area contributed by atoms with Gasteiger partial charge in [-0.05, 0) is 59.2 Å². The molecule has 0 bridgehead atoms. The number of halogens is 3. The molecule has 3 heterocycles. The van der Waals surface area contributed by atoms with Crippen LogP contribution in [0.4, 0.5) is 30.5 Å². The Morgan fingerprint density at radius 3 is 2.08 bits per heavy atom. The van der Waals surface area contributed by atoms with Crippen LogP contribution in [-0.4, -0.2) is 63.5 Å². The lowest BCUT2D eigenvalue weighted by Gasteiger charge is -2.32. The van der Waals surface area contributed by atoms with E-state index in [2.05, 4.69) is 15.1 Å². The van der Waals surface area contributed by atoms with E-state index < -0.39 is 17.6 Å². The maximum absolute atomic E-state index is 13.1. The largest absolute Gasteiger partial charge is 0.416 e. The van der Waals surface area contributed by atoms with E-state index in [4.69, 9.17) is 20.2 Å². The topological polar surface area (TPSA) is 93.0 Å². The Morgan fingerprint density at radius 2 is 1.51 bits per heavy atom. The van der Waals surface area contributed by atoms with Crippen molar-refractivity contribution < 1.29 is 27.4 Å². The van der Waals surface area contributed by atoms with Gasteiger partial charge in [-0.25, -0.2) is 4.98 Å². The lowest BCUT2D eigenvalue weighted by molar-refractivity contribution is -0.137. The number of carbonyl (C=O) groups excluding carboxylic acids is 1. The first-order valence-electron chi connectivity index (χ1n) is 12.8. The number of ether oxygens (including phenoxy) is 2. The number of nitrogens with one attached hydrogen (secondary N) is 1. The number of amides is 1. The van der Waals surface area contributed by atoms with Gasteiger partial charge in [-0.2, -0.15) is 13.2 Å².